The minimum absolute atomic E-state index is 0.279. The number of rotatable bonds is 6. The fourth-order valence-electron chi connectivity index (χ4n) is 3.66. The van der Waals surface area contributed by atoms with Crippen molar-refractivity contribution in [3.05, 3.63) is 77.1 Å². The Kier molecular flexibility index (Phi) is 6.38. The van der Waals surface area contributed by atoms with Gasteiger partial charge in [-0.15, -0.1) is 5.10 Å². The topological polar surface area (TPSA) is 46.8 Å². The number of nitrogens with zero attached hydrogens (tertiary/aromatic N) is 5. The molecule has 0 radical (unpaired) electrons. The smallest absolute Gasteiger partial charge is 0.288 e. The molecule has 1 aliphatic heterocycles. The fourth-order valence-corrected chi connectivity index (χ4v) is 4.59. The number of aromatic nitrogens is 4. The molecule has 0 aliphatic carbocycles. The number of aryl methyl sites for hydroxylation is 2. The molecule has 158 valence electrons. The van der Waals surface area contributed by atoms with Crippen LogP contribution < -0.4 is 0 Å². The zero-order chi connectivity index (χ0) is 21.0. The molecule has 1 aromatic heterocycles. The van der Waals surface area contributed by atoms with E-state index >= 15 is 0 Å². The first-order valence-corrected chi connectivity index (χ1v) is 11.0. The molecule has 0 saturated carbocycles. The van der Waals surface area contributed by atoms with Crippen molar-refractivity contribution in [1.29, 1.82) is 0 Å². The van der Waals surface area contributed by atoms with Crippen LogP contribution in [0.3, 0.4) is 0 Å². The number of halogens is 3. The lowest BCUT2D eigenvalue weighted by Crippen LogP contribution is -2.38. The minimum Gasteiger partial charge on any atom is -0.288 e. The van der Waals surface area contributed by atoms with E-state index in [2.05, 4.69) is 32.6 Å². The number of alkyl halides is 3. The molecule has 9 heteroatoms. The minimum atomic E-state index is -4.35. The Hall–Kier alpha value is -2.39. The fraction of sp³-hybridized carbons (Fsp3) is 0.381. The molecule has 0 unspecified atom stereocenters. The molecule has 3 aromatic rings. The van der Waals surface area contributed by atoms with Crippen LogP contribution in [-0.2, 0) is 19.1 Å². The van der Waals surface area contributed by atoms with Gasteiger partial charge in [0.2, 0.25) is 0 Å². The zero-order valence-corrected chi connectivity index (χ0v) is 17.1. The maximum absolute atomic E-state index is 13.0. The van der Waals surface area contributed by atoms with Crippen LogP contribution in [0.25, 0.3) is 0 Å². The van der Waals surface area contributed by atoms with E-state index in [1.165, 1.54) is 5.56 Å². The van der Waals surface area contributed by atoms with Crippen molar-refractivity contribution < 1.29 is 13.2 Å². The average molecular weight is 434 g/mol. The van der Waals surface area contributed by atoms with Gasteiger partial charge in [0, 0.05) is 31.1 Å². The Morgan fingerprint density at radius 3 is 2.33 bits per heavy atom. The van der Waals surface area contributed by atoms with Gasteiger partial charge >= 0.3 is 6.18 Å². The van der Waals surface area contributed by atoms with Gasteiger partial charge in [0.15, 0.2) is 5.82 Å². The van der Waals surface area contributed by atoms with E-state index in [4.69, 9.17) is 0 Å². The second kappa shape index (κ2) is 9.18. The predicted octanol–water partition coefficient (Wildman–Crippen LogP) is 4.07. The van der Waals surface area contributed by atoms with Gasteiger partial charge in [-0.25, -0.2) is 4.68 Å². The number of hydrogen-bond donors (Lipinski definition) is 0. The van der Waals surface area contributed by atoms with Gasteiger partial charge < -0.3 is 0 Å². The lowest BCUT2D eigenvalue weighted by Gasteiger charge is -2.33. The molecule has 4 rings (SSSR count). The standard InChI is InChI=1S/C21H22F3N5S/c22-21(23,24)18-8-6-17(7-9-18)19(28-12-14-30-15-13-28)20-25-26-27-29(20)11-10-16-4-2-1-3-5-16/h1-9,19H,10-15H2/t19-/m1/s1. The monoisotopic (exact) mass is 433 g/mol. The van der Waals surface area contributed by atoms with Gasteiger partial charge in [0.1, 0.15) is 0 Å². The summed E-state index contributed by atoms with van der Waals surface area (Å²) in [6.07, 6.45) is -3.58. The van der Waals surface area contributed by atoms with Crippen molar-refractivity contribution in [2.45, 2.75) is 25.2 Å². The zero-order valence-electron chi connectivity index (χ0n) is 16.3. The highest BCUT2D eigenvalue weighted by atomic mass is 32.2. The molecule has 0 amide bonds. The van der Waals surface area contributed by atoms with E-state index in [1.54, 1.807) is 16.8 Å². The molecule has 30 heavy (non-hydrogen) atoms. The van der Waals surface area contributed by atoms with E-state index in [0.717, 1.165) is 48.7 Å². The molecule has 1 aliphatic rings. The van der Waals surface area contributed by atoms with Crippen LogP contribution in [-0.4, -0.2) is 49.7 Å². The van der Waals surface area contributed by atoms with E-state index < -0.39 is 11.7 Å². The summed E-state index contributed by atoms with van der Waals surface area (Å²) in [5.41, 5.74) is 1.30. The molecule has 0 bridgehead atoms. The SMILES string of the molecule is FC(F)(F)c1ccc([C@H](c2nnnn2CCc2ccccc2)N2CCSCC2)cc1. The van der Waals surface area contributed by atoms with Crippen LogP contribution in [0.2, 0.25) is 0 Å². The van der Waals surface area contributed by atoms with Gasteiger partial charge in [-0.05, 0) is 40.1 Å². The molecular formula is C21H22F3N5S. The van der Waals surface area contributed by atoms with Crippen molar-refractivity contribution in [3.63, 3.8) is 0 Å². The van der Waals surface area contributed by atoms with Crippen molar-refractivity contribution in [1.82, 2.24) is 25.1 Å². The highest BCUT2D eigenvalue weighted by molar-refractivity contribution is 7.99. The van der Waals surface area contributed by atoms with Crippen LogP contribution in [0.15, 0.2) is 54.6 Å². The third-order valence-electron chi connectivity index (χ3n) is 5.22. The van der Waals surface area contributed by atoms with E-state index in [1.807, 2.05) is 30.0 Å². The van der Waals surface area contributed by atoms with Crippen molar-refractivity contribution >= 4 is 11.8 Å². The van der Waals surface area contributed by atoms with Gasteiger partial charge in [-0.1, -0.05) is 42.5 Å². The first-order valence-electron chi connectivity index (χ1n) is 9.81. The van der Waals surface area contributed by atoms with Crippen LogP contribution in [0.4, 0.5) is 13.2 Å². The average Bonchev–Trinajstić information content (AvgIpc) is 3.22. The third-order valence-corrected chi connectivity index (χ3v) is 6.17. The second-order valence-electron chi connectivity index (χ2n) is 7.17. The Balaban J connectivity index is 1.63. The highest BCUT2D eigenvalue weighted by Gasteiger charge is 2.32. The lowest BCUT2D eigenvalue weighted by atomic mass is 10.0. The van der Waals surface area contributed by atoms with Crippen LogP contribution in [0, 0.1) is 0 Å². The van der Waals surface area contributed by atoms with Crippen LogP contribution >= 0.6 is 11.8 Å². The highest BCUT2D eigenvalue weighted by Crippen LogP contribution is 2.33. The number of hydrogen-bond acceptors (Lipinski definition) is 5. The van der Waals surface area contributed by atoms with E-state index in [9.17, 15) is 13.2 Å². The molecule has 1 saturated heterocycles. The third kappa shape index (κ3) is 4.84. The Morgan fingerprint density at radius 1 is 0.967 bits per heavy atom. The van der Waals surface area contributed by atoms with Gasteiger partial charge in [0.25, 0.3) is 0 Å². The van der Waals surface area contributed by atoms with Gasteiger partial charge in [-0.2, -0.15) is 24.9 Å². The molecule has 0 N–H and O–H groups in total. The Labute approximate surface area is 177 Å². The summed E-state index contributed by atoms with van der Waals surface area (Å²) in [6.45, 7) is 2.27. The number of thioether (sulfide) groups is 1. The first kappa shape index (κ1) is 20.9. The summed E-state index contributed by atoms with van der Waals surface area (Å²) in [5.74, 6) is 2.61. The maximum atomic E-state index is 13.0. The molecule has 1 fully saturated rings. The normalized spacial score (nSPS) is 16.5. The first-order chi connectivity index (χ1) is 14.5. The maximum Gasteiger partial charge on any atom is 0.416 e. The summed E-state index contributed by atoms with van der Waals surface area (Å²) in [4.78, 5) is 2.25. The summed E-state index contributed by atoms with van der Waals surface area (Å²) < 4.78 is 40.8. The summed E-state index contributed by atoms with van der Waals surface area (Å²) in [5, 5.41) is 12.3. The molecule has 2 heterocycles. The summed E-state index contributed by atoms with van der Waals surface area (Å²) >= 11 is 1.88. The Bertz CT molecular complexity index is 937. The molecule has 1 atom stereocenters. The quantitative estimate of drug-likeness (QED) is 0.587. The summed E-state index contributed by atoms with van der Waals surface area (Å²) in [7, 11) is 0. The van der Waals surface area contributed by atoms with E-state index in [0.29, 0.717) is 12.4 Å². The second-order valence-corrected chi connectivity index (χ2v) is 8.39. The van der Waals surface area contributed by atoms with Crippen molar-refractivity contribution in [2.24, 2.45) is 0 Å². The van der Waals surface area contributed by atoms with E-state index in [-0.39, 0.29) is 6.04 Å². The van der Waals surface area contributed by atoms with Crippen molar-refractivity contribution in [2.75, 3.05) is 24.6 Å². The van der Waals surface area contributed by atoms with Crippen LogP contribution in [0.1, 0.15) is 28.6 Å². The van der Waals surface area contributed by atoms with Crippen molar-refractivity contribution in [3.8, 4) is 0 Å². The largest absolute Gasteiger partial charge is 0.416 e. The Morgan fingerprint density at radius 2 is 1.67 bits per heavy atom. The lowest BCUT2D eigenvalue weighted by molar-refractivity contribution is -0.137. The summed E-state index contributed by atoms with van der Waals surface area (Å²) in [6, 6.07) is 15.2. The van der Waals surface area contributed by atoms with Crippen LogP contribution in [0.5, 0.6) is 0 Å². The molecule has 5 nitrogen and oxygen atoms in total. The molecular weight excluding hydrogens is 411 g/mol. The van der Waals surface area contributed by atoms with Gasteiger partial charge in [-0.3, -0.25) is 4.90 Å². The number of benzene rings is 2. The number of tetrazole rings is 1. The molecule has 2 aromatic carbocycles. The predicted molar refractivity (Wildman–Crippen MR) is 110 cm³/mol. The molecule has 0 spiro atoms. The van der Waals surface area contributed by atoms with Gasteiger partial charge in [0.05, 0.1) is 11.6 Å².